The third-order valence-electron chi connectivity index (χ3n) is 5.43. The van der Waals surface area contributed by atoms with Gasteiger partial charge >= 0.3 is 5.97 Å². The highest BCUT2D eigenvalue weighted by atomic mass is 16.5. The number of amides is 2. The number of carbonyl (C=O) groups is 3. The molecule has 0 aliphatic carbocycles. The second-order valence-electron chi connectivity index (χ2n) is 7.19. The Balaban J connectivity index is 1.91. The Kier molecular flexibility index (Phi) is 7.23. The van der Waals surface area contributed by atoms with Crippen LogP contribution >= 0.6 is 0 Å². The van der Waals surface area contributed by atoms with Crippen LogP contribution in [0.4, 0.5) is 0 Å². The zero-order chi connectivity index (χ0) is 18.3. The maximum Gasteiger partial charge on any atom is 0.311 e. The van der Waals surface area contributed by atoms with E-state index in [1.165, 1.54) is 0 Å². The van der Waals surface area contributed by atoms with Crippen molar-refractivity contribution in [3.63, 3.8) is 0 Å². The number of aliphatic carboxylic acids is 1. The van der Waals surface area contributed by atoms with Gasteiger partial charge in [0.05, 0.1) is 5.41 Å². The van der Waals surface area contributed by atoms with E-state index in [1.807, 2.05) is 0 Å². The molecule has 2 saturated heterocycles. The number of carboxylic acids is 1. The SMILES string of the molecule is COCC[C@@]1(C(=O)O)CCCN(C(=O)CCN2CCCCCC2=O)C1. The van der Waals surface area contributed by atoms with Crippen molar-refractivity contribution in [3.8, 4) is 0 Å². The van der Waals surface area contributed by atoms with Crippen LogP contribution in [0.1, 0.15) is 51.4 Å². The number of carbonyl (C=O) groups excluding carboxylic acids is 2. The number of methoxy groups -OCH3 is 1. The molecule has 2 fully saturated rings. The monoisotopic (exact) mass is 354 g/mol. The first-order valence-electron chi connectivity index (χ1n) is 9.26. The first-order chi connectivity index (χ1) is 12.0. The molecular weight excluding hydrogens is 324 g/mol. The Hall–Kier alpha value is -1.63. The first kappa shape index (κ1) is 19.7. The molecule has 2 aliphatic heterocycles. The fraction of sp³-hybridized carbons (Fsp3) is 0.833. The number of nitrogens with zero attached hydrogens (tertiary/aromatic N) is 2. The molecule has 142 valence electrons. The van der Waals surface area contributed by atoms with Gasteiger partial charge < -0.3 is 19.6 Å². The predicted octanol–water partition coefficient (Wildman–Crippen LogP) is 1.51. The lowest BCUT2D eigenvalue weighted by molar-refractivity contribution is -0.156. The van der Waals surface area contributed by atoms with Crippen molar-refractivity contribution in [3.05, 3.63) is 0 Å². The van der Waals surface area contributed by atoms with E-state index in [2.05, 4.69) is 0 Å². The van der Waals surface area contributed by atoms with Crippen LogP contribution in [0, 0.1) is 5.41 Å². The lowest BCUT2D eigenvalue weighted by Gasteiger charge is -2.40. The summed E-state index contributed by atoms with van der Waals surface area (Å²) >= 11 is 0. The maximum atomic E-state index is 12.6. The topological polar surface area (TPSA) is 87.2 Å². The Morgan fingerprint density at radius 1 is 1.20 bits per heavy atom. The molecule has 2 rings (SSSR count). The van der Waals surface area contributed by atoms with E-state index in [1.54, 1.807) is 16.9 Å². The van der Waals surface area contributed by atoms with Crippen LogP contribution in [0.2, 0.25) is 0 Å². The van der Waals surface area contributed by atoms with Gasteiger partial charge in [-0.2, -0.15) is 0 Å². The lowest BCUT2D eigenvalue weighted by atomic mass is 9.77. The molecule has 0 unspecified atom stereocenters. The second-order valence-corrected chi connectivity index (χ2v) is 7.19. The Labute approximate surface area is 149 Å². The fourth-order valence-corrected chi connectivity index (χ4v) is 3.79. The van der Waals surface area contributed by atoms with Crippen molar-refractivity contribution < 1.29 is 24.2 Å². The van der Waals surface area contributed by atoms with Gasteiger partial charge in [0.25, 0.3) is 0 Å². The van der Waals surface area contributed by atoms with Gasteiger partial charge in [-0.3, -0.25) is 14.4 Å². The molecule has 1 atom stereocenters. The van der Waals surface area contributed by atoms with Gasteiger partial charge in [0.15, 0.2) is 0 Å². The summed E-state index contributed by atoms with van der Waals surface area (Å²) in [5.41, 5.74) is -0.914. The number of piperidine rings is 1. The second kappa shape index (κ2) is 9.17. The fourth-order valence-electron chi connectivity index (χ4n) is 3.79. The summed E-state index contributed by atoms with van der Waals surface area (Å²) in [4.78, 5) is 39.8. The minimum Gasteiger partial charge on any atom is -0.481 e. The normalized spacial score (nSPS) is 24.9. The zero-order valence-electron chi connectivity index (χ0n) is 15.2. The largest absolute Gasteiger partial charge is 0.481 e. The lowest BCUT2D eigenvalue weighted by Crippen LogP contribution is -2.51. The van der Waals surface area contributed by atoms with E-state index in [0.717, 1.165) is 25.8 Å². The number of rotatable bonds is 7. The molecule has 0 aromatic carbocycles. The van der Waals surface area contributed by atoms with Gasteiger partial charge in [-0.25, -0.2) is 0 Å². The number of hydrogen-bond donors (Lipinski definition) is 1. The van der Waals surface area contributed by atoms with Crippen molar-refractivity contribution in [1.82, 2.24) is 9.80 Å². The van der Waals surface area contributed by atoms with Crippen molar-refractivity contribution >= 4 is 17.8 Å². The van der Waals surface area contributed by atoms with Crippen molar-refractivity contribution in [2.75, 3.05) is 39.9 Å². The molecule has 7 heteroatoms. The van der Waals surface area contributed by atoms with Gasteiger partial charge in [0.1, 0.15) is 0 Å². The van der Waals surface area contributed by atoms with Crippen molar-refractivity contribution in [2.45, 2.75) is 51.4 Å². The van der Waals surface area contributed by atoms with Crippen LogP contribution in [0.25, 0.3) is 0 Å². The average Bonchev–Trinajstić information content (AvgIpc) is 2.82. The Bertz CT molecular complexity index is 496. The molecular formula is C18H30N2O5. The van der Waals surface area contributed by atoms with Crippen LogP contribution in [0.15, 0.2) is 0 Å². The summed E-state index contributed by atoms with van der Waals surface area (Å²) < 4.78 is 5.06. The minimum absolute atomic E-state index is 0.0558. The average molecular weight is 354 g/mol. The molecule has 2 heterocycles. The van der Waals surface area contributed by atoms with Gasteiger partial charge in [-0.1, -0.05) is 6.42 Å². The summed E-state index contributed by atoms with van der Waals surface area (Å²) in [5.74, 6) is -0.784. The summed E-state index contributed by atoms with van der Waals surface area (Å²) in [6, 6.07) is 0. The molecule has 0 saturated carbocycles. The third kappa shape index (κ3) is 5.17. The van der Waals surface area contributed by atoms with Crippen molar-refractivity contribution in [2.24, 2.45) is 5.41 Å². The van der Waals surface area contributed by atoms with Gasteiger partial charge in [-0.15, -0.1) is 0 Å². The van der Waals surface area contributed by atoms with Gasteiger partial charge in [-0.05, 0) is 32.1 Å². The standard InChI is InChI=1S/C18H30N2O5/c1-25-13-9-18(17(23)24)8-5-11-20(14-18)16(22)7-12-19-10-4-2-3-6-15(19)21/h2-14H2,1H3,(H,23,24)/t18-/m0/s1. The number of carboxylic acid groups (broad SMARTS) is 1. The molecule has 0 spiro atoms. The highest BCUT2D eigenvalue weighted by Gasteiger charge is 2.43. The molecule has 0 aromatic rings. The predicted molar refractivity (Wildman–Crippen MR) is 92.0 cm³/mol. The maximum absolute atomic E-state index is 12.6. The van der Waals surface area contributed by atoms with E-state index in [9.17, 15) is 19.5 Å². The quantitative estimate of drug-likeness (QED) is 0.749. The summed E-state index contributed by atoms with van der Waals surface area (Å²) in [6.45, 7) is 2.36. The summed E-state index contributed by atoms with van der Waals surface area (Å²) in [6.07, 6.45) is 5.47. The molecule has 1 N–H and O–H groups in total. The van der Waals surface area contributed by atoms with Gasteiger partial charge in [0.2, 0.25) is 11.8 Å². The molecule has 0 bridgehead atoms. The number of hydrogen-bond acceptors (Lipinski definition) is 4. The molecule has 7 nitrogen and oxygen atoms in total. The third-order valence-corrected chi connectivity index (χ3v) is 5.43. The first-order valence-corrected chi connectivity index (χ1v) is 9.26. The molecule has 25 heavy (non-hydrogen) atoms. The van der Waals surface area contributed by atoms with Crippen LogP contribution in [0.3, 0.4) is 0 Å². The summed E-state index contributed by atoms with van der Waals surface area (Å²) in [5, 5.41) is 9.67. The van der Waals surface area contributed by atoms with E-state index in [-0.39, 0.29) is 24.8 Å². The Morgan fingerprint density at radius 3 is 2.72 bits per heavy atom. The van der Waals surface area contributed by atoms with Crippen LogP contribution in [-0.2, 0) is 19.1 Å². The van der Waals surface area contributed by atoms with Crippen LogP contribution in [-0.4, -0.2) is 72.6 Å². The molecule has 0 radical (unpaired) electrons. The van der Waals surface area contributed by atoms with Crippen molar-refractivity contribution in [1.29, 1.82) is 0 Å². The molecule has 2 aliphatic rings. The Morgan fingerprint density at radius 2 is 2.00 bits per heavy atom. The molecule has 0 aromatic heterocycles. The van der Waals surface area contributed by atoms with E-state index in [0.29, 0.717) is 45.4 Å². The molecule has 2 amide bonds. The summed E-state index contributed by atoms with van der Waals surface area (Å²) in [7, 11) is 1.56. The van der Waals surface area contributed by atoms with Crippen LogP contribution in [0.5, 0.6) is 0 Å². The number of ether oxygens (including phenoxy) is 1. The van der Waals surface area contributed by atoms with E-state index in [4.69, 9.17) is 4.74 Å². The highest BCUT2D eigenvalue weighted by molar-refractivity contribution is 5.81. The smallest absolute Gasteiger partial charge is 0.311 e. The van der Waals surface area contributed by atoms with E-state index < -0.39 is 11.4 Å². The zero-order valence-corrected chi connectivity index (χ0v) is 15.2. The van der Waals surface area contributed by atoms with E-state index >= 15 is 0 Å². The van der Waals surface area contributed by atoms with Crippen LogP contribution < -0.4 is 0 Å². The van der Waals surface area contributed by atoms with Gasteiger partial charge in [0, 0.05) is 52.7 Å². The number of likely N-dealkylation sites (tertiary alicyclic amines) is 2. The highest BCUT2D eigenvalue weighted by Crippen LogP contribution is 2.34. The minimum atomic E-state index is -0.914.